The van der Waals surface area contributed by atoms with Gasteiger partial charge in [-0.25, -0.2) is 0 Å². The van der Waals surface area contributed by atoms with E-state index in [-0.39, 0.29) is 16.7 Å². The van der Waals surface area contributed by atoms with Gasteiger partial charge in [0, 0.05) is 17.6 Å². The normalized spacial score (nSPS) is 12.2. The van der Waals surface area contributed by atoms with Crippen LogP contribution in [-0.4, -0.2) is 24.6 Å². The van der Waals surface area contributed by atoms with E-state index in [4.69, 9.17) is 23.2 Å². The van der Waals surface area contributed by atoms with Gasteiger partial charge in [0.25, 0.3) is 5.91 Å². The van der Waals surface area contributed by atoms with E-state index < -0.39 is 0 Å². The summed E-state index contributed by atoms with van der Waals surface area (Å²) in [7, 11) is 1.50. The first-order valence-electron chi connectivity index (χ1n) is 5.67. The van der Waals surface area contributed by atoms with Crippen molar-refractivity contribution in [3.8, 4) is 5.75 Å². The molecule has 18 heavy (non-hydrogen) atoms. The number of nitrogens with two attached hydrogens (primary N) is 1. The van der Waals surface area contributed by atoms with E-state index in [0.717, 1.165) is 0 Å². The Morgan fingerprint density at radius 1 is 1.33 bits per heavy atom. The predicted molar refractivity (Wildman–Crippen MR) is 75.6 cm³/mol. The molecule has 1 aromatic rings. The third kappa shape index (κ3) is 3.51. The van der Waals surface area contributed by atoms with Crippen molar-refractivity contribution in [3.63, 3.8) is 0 Å². The van der Waals surface area contributed by atoms with E-state index in [1.807, 2.05) is 13.8 Å². The molecule has 1 amide bonds. The van der Waals surface area contributed by atoms with Crippen molar-refractivity contribution in [1.29, 1.82) is 0 Å². The van der Waals surface area contributed by atoms with Crippen LogP contribution in [0.5, 0.6) is 5.75 Å². The fourth-order valence-corrected chi connectivity index (χ4v) is 2.07. The number of carbonyl (C=O) groups is 1. The molecule has 0 bridgehead atoms. The summed E-state index contributed by atoms with van der Waals surface area (Å²) >= 11 is 11.7. The van der Waals surface area contributed by atoms with E-state index in [2.05, 4.69) is 11.1 Å². The molecule has 0 saturated heterocycles. The molecule has 0 unspecified atom stereocenters. The number of hydrogen-bond acceptors (Lipinski definition) is 3. The third-order valence-corrected chi connectivity index (χ3v) is 2.91. The summed E-state index contributed by atoms with van der Waals surface area (Å²) in [4.78, 5) is 11.4. The highest BCUT2D eigenvalue weighted by molar-refractivity contribution is 6.38. The fraction of sp³-hybridized carbons (Fsp3) is 0.417. The van der Waals surface area contributed by atoms with E-state index in [9.17, 15) is 9.90 Å². The summed E-state index contributed by atoms with van der Waals surface area (Å²) in [6.45, 7) is 4.55. The predicted octanol–water partition coefficient (Wildman–Crippen LogP) is 2.59. The minimum atomic E-state index is -0.283. The van der Waals surface area contributed by atoms with E-state index in [1.165, 1.54) is 13.1 Å². The number of rotatable bonds is 0. The Labute approximate surface area is 117 Å². The Morgan fingerprint density at radius 3 is 2.44 bits per heavy atom. The van der Waals surface area contributed by atoms with Gasteiger partial charge >= 0.3 is 0 Å². The van der Waals surface area contributed by atoms with Crippen LogP contribution in [0.2, 0.25) is 10.0 Å². The number of benzene rings is 1. The molecule has 6 heteroatoms. The van der Waals surface area contributed by atoms with Crippen LogP contribution < -0.4 is 11.1 Å². The lowest BCUT2D eigenvalue weighted by Gasteiger charge is -2.19. The lowest BCUT2D eigenvalue weighted by molar-refractivity contribution is 0.0945. The lowest BCUT2D eigenvalue weighted by atomic mass is 10.00. The second-order valence-corrected chi connectivity index (χ2v) is 3.84. The van der Waals surface area contributed by atoms with Crippen LogP contribution >= 0.6 is 23.2 Å². The smallest absolute Gasteiger partial charge is 0.253 e. The zero-order chi connectivity index (χ0) is 14.3. The minimum Gasteiger partial charge on any atom is -0.506 e. The van der Waals surface area contributed by atoms with Gasteiger partial charge in [0.2, 0.25) is 0 Å². The molecule has 0 saturated carbocycles. The molecular formula is C12H18Cl2N2O2. The maximum atomic E-state index is 11.4. The van der Waals surface area contributed by atoms with Gasteiger partial charge in [0.1, 0.15) is 5.75 Å². The molecule has 2 rings (SSSR count). The number of phenols is 1. The van der Waals surface area contributed by atoms with Crippen LogP contribution in [0.1, 0.15) is 29.8 Å². The van der Waals surface area contributed by atoms with Crippen molar-refractivity contribution in [2.75, 3.05) is 13.6 Å². The minimum absolute atomic E-state index is 0.0709. The molecule has 0 aliphatic carbocycles. The van der Waals surface area contributed by atoms with Crippen molar-refractivity contribution in [1.82, 2.24) is 5.32 Å². The number of halogens is 2. The van der Waals surface area contributed by atoms with Crippen LogP contribution in [-0.2, 0) is 6.42 Å². The summed E-state index contributed by atoms with van der Waals surface area (Å²) in [6, 6.07) is 1.36. The van der Waals surface area contributed by atoms with Crippen molar-refractivity contribution >= 4 is 29.1 Å². The SMILES string of the molecule is CC.CN.O=C1NCCc2c(Cl)cc(O)c(Cl)c21. The van der Waals surface area contributed by atoms with E-state index >= 15 is 0 Å². The molecule has 0 radical (unpaired) electrons. The van der Waals surface area contributed by atoms with Gasteiger partial charge < -0.3 is 16.2 Å². The molecular weight excluding hydrogens is 275 g/mol. The largest absolute Gasteiger partial charge is 0.506 e. The molecule has 102 valence electrons. The molecule has 0 fully saturated rings. The number of fused-ring (bicyclic) bond motifs is 1. The number of carbonyl (C=O) groups excluding carboxylic acids is 1. The summed E-state index contributed by atoms with van der Waals surface area (Å²) in [6.07, 6.45) is 0.639. The molecule has 1 aliphatic rings. The highest BCUT2D eigenvalue weighted by atomic mass is 35.5. The first-order chi connectivity index (χ1) is 8.61. The van der Waals surface area contributed by atoms with Gasteiger partial charge in [0.15, 0.2) is 0 Å². The summed E-state index contributed by atoms with van der Waals surface area (Å²) in [5.74, 6) is -0.443. The zero-order valence-electron chi connectivity index (χ0n) is 10.7. The Hall–Kier alpha value is -0.970. The second kappa shape index (κ2) is 8.19. The van der Waals surface area contributed by atoms with Gasteiger partial charge in [-0.15, -0.1) is 0 Å². The Balaban J connectivity index is 0.000000659. The number of hydrogen-bond donors (Lipinski definition) is 3. The van der Waals surface area contributed by atoms with Crippen LogP contribution in [0.25, 0.3) is 0 Å². The van der Waals surface area contributed by atoms with E-state index in [1.54, 1.807) is 0 Å². The Kier molecular flexibility index (Phi) is 7.75. The molecule has 0 spiro atoms. The summed E-state index contributed by atoms with van der Waals surface area (Å²) in [5.41, 5.74) is 5.50. The topological polar surface area (TPSA) is 75.4 Å². The third-order valence-electron chi connectivity index (χ3n) is 2.19. The zero-order valence-corrected chi connectivity index (χ0v) is 12.2. The van der Waals surface area contributed by atoms with Crippen LogP contribution in [0.4, 0.5) is 0 Å². The summed E-state index contributed by atoms with van der Waals surface area (Å²) < 4.78 is 0. The maximum Gasteiger partial charge on any atom is 0.253 e. The standard InChI is InChI=1S/C9H7Cl2NO2.C2H6.CH5N/c10-5-3-6(13)8(11)7-4(5)1-2-12-9(7)14;2*1-2/h3,13H,1-2H2,(H,12,14);1-2H3;2H2,1H3. The van der Waals surface area contributed by atoms with E-state index in [0.29, 0.717) is 29.1 Å². The van der Waals surface area contributed by atoms with Crippen molar-refractivity contribution < 1.29 is 9.90 Å². The highest BCUT2D eigenvalue weighted by Crippen LogP contribution is 2.36. The Morgan fingerprint density at radius 2 is 1.89 bits per heavy atom. The van der Waals surface area contributed by atoms with Gasteiger partial charge in [-0.2, -0.15) is 0 Å². The van der Waals surface area contributed by atoms with Crippen molar-refractivity contribution in [2.24, 2.45) is 5.73 Å². The van der Waals surface area contributed by atoms with Gasteiger partial charge in [0.05, 0.1) is 10.6 Å². The molecule has 4 N–H and O–H groups in total. The quantitative estimate of drug-likeness (QED) is 0.688. The van der Waals surface area contributed by atoms with Crippen LogP contribution in [0.3, 0.4) is 0 Å². The van der Waals surface area contributed by atoms with Gasteiger partial charge in [-0.05, 0) is 19.0 Å². The highest BCUT2D eigenvalue weighted by Gasteiger charge is 2.24. The second-order valence-electron chi connectivity index (χ2n) is 3.05. The number of amides is 1. The van der Waals surface area contributed by atoms with Crippen LogP contribution in [0.15, 0.2) is 6.07 Å². The van der Waals surface area contributed by atoms with Crippen LogP contribution in [0, 0.1) is 0 Å². The molecule has 1 heterocycles. The molecule has 0 aromatic heterocycles. The molecule has 1 aromatic carbocycles. The molecule has 0 atom stereocenters. The number of aromatic hydroxyl groups is 1. The fourth-order valence-electron chi connectivity index (χ4n) is 1.52. The van der Waals surface area contributed by atoms with Gasteiger partial charge in [-0.3, -0.25) is 4.79 Å². The Bertz CT molecular complexity index is 423. The first-order valence-corrected chi connectivity index (χ1v) is 6.42. The maximum absolute atomic E-state index is 11.4. The van der Waals surface area contributed by atoms with Gasteiger partial charge in [-0.1, -0.05) is 37.0 Å². The number of nitrogens with one attached hydrogen (secondary N) is 1. The first kappa shape index (κ1) is 17.0. The summed E-state index contributed by atoms with van der Waals surface area (Å²) in [5, 5.41) is 12.5. The average molecular weight is 293 g/mol. The number of phenolic OH excluding ortho intramolecular Hbond substituents is 1. The molecule has 4 nitrogen and oxygen atoms in total. The molecule has 1 aliphatic heterocycles. The lowest BCUT2D eigenvalue weighted by Crippen LogP contribution is -2.32. The van der Waals surface area contributed by atoms with Crippen molar-refractivity contribution in [2.45, 2.75) is 20.3 Å². The van der Waals surface area contributed by atoms with Crippen molar-refractivity contribution in [3.05, 3.63) is 27.2 Å². The average Bonchev–Trinajstić information content (AvgIpc) is 2.41. The monoisotopic (exact) mass is 292 g/mol.